The molecule has 1 rings (SSSR count). The van der Waals surface area contributed by atoms with Gasteiger partial charge in [0.1, 0.15) is 0 Å². The van der Waals surface area contributed by atoms with E-state index < -0.39 is 10.0 Å². The van der Waals surface area contributed by atoms with E-state index in [2.05, 4.69) is 4.72 Å². The summed E-state index contributed by atoms with van der Waals surface area (Å²) in [6.07, 6.45) is 4.72. The van der Waals surface area contributed by atoms with Gasteiger partial charge in [-0.3, -0.25) is 0 Å². The van der Waals surface area contributed by atoms with Crippen molar-refractivity contribution in [2.75, 3.05) is 12.9 Å². The average molecular weight is 207 g/mol. The maximum absolute atomic E-state index is 10.9. The molecule has 0 heterocycles. The zero-order chi connectivity index (χ0) is 9.90. The summed E-state index contributed by atoms with van der Waals surface area (Å²) in [6, 6.07) is 0.0813. The minimum absolute atomic E-state index is 0.0813. The van der Waals surface area contributed by atoms with Crippen LogP contribution in [0, 0.1) is 5.92 Å². The molecule has 0 radical (unpaired) electrons. The molecule has 0 amide bonds. The van der Waals surface area contributed by atoms with E-state index in [4.69, 9.17) is 5.11 Å². The van der Waals surface area contributed by atoms with Gasteiger partial charge in [0.05, 0.1) is 6.26 Å². The van der Waals surface area contributed by atoms with Crippen LogP contribution < -0.4 is 4.72 Å². The van der Waals surface area contributed by atoms with E-state index in [1.165, 1.54) is 6.26 Å². The van der Waals surface area contributed by atoms with Crippen molar-refractivity contribution in [1.29, 1.82) is 0 Å². The van der Waals surface area contributed by atoms with E-state index >= 15 is 0 Å². The van der Waals surface area contributed by atoms with Gasteiger partial charge in [0, 0.05) is 12.6 Å². The summed E-state index contributed by atoms with van der Waals surface area (Å²) in [7, 11) is -3.06. The zero-order valence-corrected chi connectivity index (χ0v) is 8.68. The Morgan fingerprint density at radius 3 is 2.23 bits per heavy atom. The number of nitrogens with one attached hydrogen (secondary N) is 1. The number of aliphatic hydroxyl groups is 1. The van der Waals surface area contributed by atoms with Crippen LogP contribution in [-0.4, -0.2) is 32.4 Å². The molecule has 0 aromatic carbocycles. The van der Waals surface area contributed by atoms with E-state index in [1.807, 2.05) is 0 Å². The smallest absolute Gasteiger partial charge is 0.208 e. The Morgan fingerprint density at radius 2 is 1.85 bits per heavy atom. The van der Waals surface area contributed by atoms with Crippen LogP contribution in [0.1, 0.15) is 25.7 Å². The first kappa shape index (κ1) is 10.9. The predicted octanol–water partition coefficient (Wildman–Crippen LogP) is 0.0867. The largest absolute Gasteiger partial charge is 0.396 e. The maximum Gasteiger partial charge on any atom is 0.208 e. The predicted molar refractivity (Wildman–Crippen MR) is 50.8 cm³/mol. The van der Waals surface area contributed by atoms with Crippen LogP contribution in [0.25, 0.3) is 0 Å². The molecule has 0 aromatic heterocycles. The van der Waals surface area contributed by atoms with E-state index in [0.717, 1.165) is 25.7 Å². The van der Waals surface area contributed by atoms with Gasteiger partial charge in [-0.1, -0.05) is 0 Å². The molecule has 1 aliphatic rings. The Morgan fingerprint density at radius 1 is 1.31 bits per heavy atom. The van der Waals surface area contributed by atoms with Crippen LogP contribution in [-0.2, 0) is 10.0 Å². The summed E-state index contributed by atoms with van der Waals surface area (Å²) < 4.78 is 24.4. The number of hydrogen-bond acceptors (Lipinski definition) is 3. The molecule has 1 aliphatic carbocycles. The minimum Gasteiger partial charge on any atom is -0.396 e. The number of rotatable bonds is 3. The fourth-order valence-electron chi connectivity index (χ4n) is 1.77. The minimum atomic E-state index is -3.06. The van der Waals surface area contributed by atoms with Crippen molar-refractivity contribution >= 4 is 10.0 Å². The second-order valence-electron chi connectivity index (χ2n) is 3.79. The Bertz CT molecular complexity index is 242. The van der Waals surface area contributed by atoms with Gasteiger partial charge in [-0.25, -0.2) is 13.1 Å². The number of aliphatic hydroxyl groups excluding tert-OH is 1. The van der Waals surface area contributed by atoms with Crippen molar-refractivity contribution in [2.45, 2.75) is 31.7 Å². The monoisotopic (exact) mass is 207 g/mol. The highest BCUT2D eigenvalue weighted by atomic mass is 32.2. The van der Waals surface area contributed by atoms with Gasteiger partial charge in [0.25, 0.3) is 0 Å². The highest BCUT2D eigenvalue weighted by Gasteiger charge is 2.22. The SMILES string of the molecule is CS(=O)(=O)NC1CCC(CO)CC1. The second kappa shape index (κ2) is 4.39. The van der Waals surface area contributed by atoms with Crippen LogP contribution in [0.3, 0.4) is 0 Å². The average Bonchev–Trinajstić information content (AvgIpc) is 2.03. The van der Waals surface area contributed by atoms with Crippen molar-refractivity contribution in [2.24, 2.45) is 5.92 Å². The molecule has 0 spiro atoms. The van der Waals surface area contributed by atoms with E-state index in [9.17, 15) is 8.42 Å². The van der Waals surface area contributed by atoms with E-state index in [0.29, 0.717) is 5.92 Å². The lowest BCUT2D eigenvalue weighted by Gasteiger charge is -2.27. The standard InChI is InChI=1S/C8H17NO3S/c1-13(11,12)9-8-4-2-7(6-10)3-5-8/h7-10H,2-6H2,1H3. The lowest BCUT2D eigenvalue weighted by atomic mass is 9.87. The summed E-state index contributed by atoms with van der Waals surface area (Å²) in [5.41, 5.74) is 0. The molecule has 1 fully saturated rings. The molecule has 0 saturated heterocycles. The summed E-state index contributed by atoms with van der Waals surface area (Å²) >= 11 is 0. The molecule has 0 aromatic rings. The Kier molecular flexibility index (Phi) is 3.70. The highest BCUT2D eigenvalue weighted by Crippen LogP contribution is 2.23. The van der Waals surface area contributed by atoms with E-state index in [1.54, 1.807) is 0 Å². The highest BCUT2D eigenvalue weighted by molar-refractivity contribution is 7.88. The molecule has 4 nitrogen and oxygen atoms in total. The van der Waals surface area contributed by atoms with Crippen molar-refractivity contribution in [3.63, 3.8) is 0 Å². The molecular weight excluding hydrogens is 190 g/mol. The molecule has 78 valence electrons. The first-order chi connectivity index (χ1) is 6.01. The van der Waals surface area contributed by atoms with Crippen molar-refractivity contribution in [3.05, 3.63) is 0 Å². The zero-order valence-electron chi connectivity index (χ0n) is 7.86. The third-order valence-electron chi connectivity index (χ3n) is 2.49. The lowest BCUT2D eigenvalue weighted by molar-refractivity contribution is 0.180. The third kappa shape index (κ3) is 4.06. The molecule has 0 aliphatic heterocycles. The lowest BCUT2D eigenvalue weighted by Crippen LogP contribution is -2.37. The normalized spacial score (nSPS) is 30.3. The summed E-state index contributed by atoms with van der Waals surface area (Å²) in [5, 5.41) is 8.87. The quantitative estimate of drug-likeness (QED) is 0.689. The topological polar surface area (TPSA) is 66.4 Å². The van der Waals surface area contributed by atoms with Gasteiger partial charge >= 0.3 is 0 Å². The van der Waals surface area contributed by atoms with Crippen molar-refractivity contribution in [1.82, 2.24) is 4.72 Å². The second-order valence-corrected chi connectivity index (χ2v) is 5.57. The van der Waals surface area contributed by atoms with Crippen LogP contribution in [0.15, 0.2) is 0 Å². The van der Waals surface area contributed by atoms with Crippen molar-refractivity contribution in [3.8, 4) is 0 Å². The van der Waals surface area contributed by atoms with Gasteiger partial charge in [-0.15, -0.1) is 0 Å². The summed E-state index contributed by atoms with van der Waals surface area (Å²) in [4.78, 5) is 0. The third-order valence-corrected chi connectivity index (χ3v) is 3.25. The van der Waals surface area contributed by atoms with Gasteiger partial charge in [0.15, 0.2) is 0 Å². The summed E-state index contributed by atoms with van der Waals surface area (Å²) in [5.74, 6) is 0.373. The van der Waals surface area contributed by atoms with Gasteiger partial charge in [-0.2, -0.15) is 0 Å². The molecule has 0 unspecified atom stereocenters. The maximum atomic E-state index is 10.9. The number of sulfonamides is 1. The Balaban J connectivity index is 2.33. The van der Waals surface area contributed by atoms with Crippen molar-refractivity contribution < 1.29 is 13.5 Å². The van der Waals surface area contributed by atoms with E-state index in [-0.39, 0.29) is 12.6 Å². The molecule has 0 bridgehead atoms. The van der Waals surface area contributed by atoms with Gasteiger partial charge in [0.2, 0.25) is 10.0 Å². The van der Waals surface area contributed by atoms with Crippen LogP contribution >= 0.6 is 0 Å². The Labute approximate surface area is 79.4 Å². The van der Waals surface area contributed by atoms with Crippen LogP contribution in [0.2, 0.25) is 0 Å². The molecular formula is C8H17NO3S. The summed E-state index contributed by atoms with van der Waals surface area (Å²) in [6.45, 7) is 0.228. The van der Waals surface area contributed by atoms with Crippen LogP contribution in [0.5, 0.6) is 0 Å². The fraction of sp³-hybridized carbons (Fsp3) is 1.00. The van der Waals surface area contributed by atoms with Crippen LogP contribution in [0.4, 0.5) is 0 Å². The molecule has 13 heavy (non-hydrogen) atoms. The van der Waals surface area contributed by atoms with Gasteiger partial charge in [-0.05, 0) is 31.6 Å². The molecule has 1 saturated carbocycles. The number of hydrogen-bond donors (Lipinski definition) is 2. The Hall–Kier alpha value is -0.130. The first-order valence-corrected chi connectivity index (χ1v) is 6.48. The first-order valence-electron chi connectivity index (χ1n) is 4.59. The fourth-order valence-corrected chi connectivity index (χ4v) is 2.61. The molecule has 2 N–H and O–H groups in total. The van der Waals surface area contributed by atoms with Gasteiger partial charge < -0.3 is 5.11 Å². The molecule has 0 atom stereocenters. The molecule has 5 heteroatoms.